The second-order valence-corrected chi connectivity index (χ2v) is 9.60. The van der Waals surface area contributed by atoms with Gasteiger partial charge in [-0.3, -0.25) is 9.69 Å². The fourth-order valence-electron chi connectivity index (χ4n) is 6.17. The summed E-state index contributed by atoms with van der Waals surface area (Å²) >= 11 is 0. The summed E-state index contributed by atoms with van der Waals surface area (Å²) in [7, 11) is 0. The van der Waals surface area contributed by atoms with Gasteiger partial charge >= 0.3 is 0 Å². The van der Waals surface area contributed by atoms with Crippen LogP contribution < -0.4 is 10.5 Å². The highest BCUT2D eigenvalue weighted by Crippen LogP contribution is 2.40. The number of hydrogen-bond acceptors (Lipinski definition) is 5. The predicted octanol–water partition coefficient (Wildman–Crippen LogP) is 3.82. The number of likely N-dealkylation sites (tertiary alicyclic amines) is 1. The minimum Gasteiger partial charge on any atom is -0.490 e. The second-order valence-electron chi connectivity index (χ2n) is 9.60. The topological polar surface area (TPSA) is 71.7 Å². The zero-order valence-electron chi connectivity index (χ0n) is 19.6. The number of pyridine rings is 1. The predicted molar refractivity (Wildman–Crippen MR) is 139 cm³/mol. The van der Waals surface area contributed by atoms with E-state index in [1.54, 1.807) is 12.3 Å². The molecule has 0 saturated carbocycles. The first-order valence-electron chi connectivity index (χ1n) is 12.1. The maximum absolute atomic E-state index is 13.4. The van der Waals surface area contributed by atoms with Crippen molar-refractivity contribution in [2.75, 3.05) is 32.8 Å². The van der Waals surface area contributed by atoms with Gasteiger partial charge in [0, 0.05) is 44.5 Å². The quantitative estimate of drug-likeness (QED) is 0.644. The molecule has 5 rings (SSSR count). The average molecular weight is 508 g/mol. The molecule has 3 aliphatic rings. The van der Waals surface area contributed by atoms with Gasteiger partial charge in [0.2, 0.25) is 0 Å². The fourth-order valence-corrected chi connectivity index (χ4v) is 6.17. The molecular weight excluding hydrogens is 471 g/mol. The largest absolute Gasteiger partial charge is 0.490 e. The normalized spacial score (nSPS) is 26.0. The molecule has 2 N–H and O–H groups in total. The molecule has 3 aliphatic heterocycles. The molecule has 0 radical (unpaired) electrons. The summed E-state index contributed by atoms with van der Waals surface area (Å²) in [5.41, 5.74) is 7.44. The van der Waals surface area contributed by atoms with Crippen LogP contribution in [0.1, 0.15) is 41.7 Å². The number of amides is 1. The van der Waals surface area contributed by atoms with E-state index in [-0.39, 0.29) is 30.7 Å². The zero-order chi connectivity index (χ0) is 21.9. The van der Waals surface area contributed by atoms with Crippen LogP contribution in [0.2, 0.25) is 0 Å². The summed E-state index contributed by atoms with van der Waals surface area (Å²) in [5, 5.41) is 0. The number of ether oxygens (including phenoxy) is 1. The highest BCUT2D eigenvalue weighted by Gasteiger charge is 2.45. The molecule has 1 aromatic carbocycles. The summed E-state index contributed by atoms with van der Waals surface area (Å²) in [4.78, 5) is 22.6. The van der Waals surface area contributed by atoms with E-state index in [1.165, 1.54) is 31.2 Å². The molecule has 2 bridgehead atoms. The van der Waals surface area contributed by atoms with Crippen molar-refractivity contribution in [3.8, 4) is 5.75 Å². The van der Waals surface area contributed by atoms with E-state index in [0.29, 0.717) is 48.5 Å². The summed E-state index contributed by atoms with van der Waals surface area (Å²) in [6.45, 7) is 3.53. The third kappa shape index (κ3) is 5.68. The van der Waals surface area contributed by atoms with Crippen LogP contribution in [0.15, 0.2) is 48.7 Å². The second kappa shape index (κ2) is 12.2. The minimum atomic E-state index is -0.00239. The Kier molecular flexibility index (Phi) is 9.60. The molecule has 1 amide bonds. The van der Waals surface area contributed by atoms with Crippen molar-refractivity contribution in [1.29, 1.82) is 0 Å². The van der Waals surface area contributed by atoms with Crippen molar-refractivity contribution in [1.82, 2.24) is 14.8 Å². The Morgan fingerprint density at radius 2 is 1.88 bits per heavy atom. The molecule has 2 aromatic rings. The lowest BCUT2D eigenvalue weighted by atomic mass is 9.74. The molecule has 186 valence electrons. The van der Waals surface area contributed by atoms with Gasteiger partial charge in [0.15, 0.2) is 11.4 Å². The van der Waals surface area contributed by atoms with Crippen LogP contribution in [0, 0.1) is 11.8 Å². The number of fused-ring (bicyclic) bond motifs is 4. The van der Waals surface area contributed by atoms with Gasteiger partial charge in [-0.25, -0.2) is 4.98 Å². The van der Waals surface area contributed by atoms with Gasteiger partial charge in [0.1, 0.15) is 6.61 Å². The van der Waals surface area contributed by atoms with Crippen molar-refractivity contribution in [2.45, 2.75) is 44.2 Å². The molecule has 3 saturated heterocycles. The number of rotatable bonds is 6. The molecule has 6 nitrogen and oxygen atoms in total. The lowest BCUT2D eigenvalue weighted by Gasteiger charge is -2.55. The third-order valence-electron chi connectivity index (χ3n) is 7.47. The van der Waals surface area contributed by atoms with Crippen LogP contribution in [-0.2, 0) is 6.42 Å². The van der Waals surface area contributed by atoms with Crippen LogP contribution in [-0.4, -0.2) is 65.6 Å². The summed E-state index contributed by atoms with van der Waals surface area (Å²) in [6.07, 6.45) is 7.86. The van der Waals surface area contributed by atoms with Gasteiger partial charge in [-0.05, 0) is 55.2 Å². The lowest BCUT2D eigenvalue weighted by Crippen LogP contribution is -2.62. The van der Waals surface area contributed by atoms with Crippen LogP contribution in [0.5, 0.6) is 5.75 Å². The Hall–Kier alpha value is -1.86. The minimum absolute atomic E-state index is 0. The zero-order valence-corrected chi connectivity index (χ0v) is 21.2. The van der Waals surface area contributed by atoms with Crippen LogP contribution >= 0.6 is 24.8 Å². The molecule has 0 unspecified atom stereocenters. The molecular formula is C26H36Cl2N4O2. The number of halogens is 2. The lowest BCUT2D eigenvalue weighted by molar-refractivity contribution is -0.0500. The molecule has 3 fully saturated rings. The highest BCUT2D eigenvalue weighted by atomic mass is 35.5. The number of nitrogens with zero attached hydrogens (tertiary/aromatic N) is 3. The number of aromatic nitrogens is 1. The van der Waals surface area contributed by atoms with E-state index in [0.717, 1.165) is 26.1 Å². The Bertz CT molecular complexity index is 932. The number of hydrogen-bond donors (Lipinski definition) is 1. The average Bonchev–Trinajstić information content (AvgIpc) is 2.83. The maximum Gasteiger partial charge on any atom is 0.276 e. The van der Waals surface area contributed by atoms with Crippen molar-refractivity contribution < 1.29 is 9.53 Å². The van der Waals surface area contributed by atoms with Gasteiger partial charge < -0.3 is 15.4 Å². The number of benzene rings is 1. The van der Waals surface area contributed by atoms with Crippen LogP contribution in [0.3, 0.4) is 0 Å². The molecule has 4 atom stereocenters. The Labute approximate surface area is 215 Å². The Morgan fingerprint density at radius 1 is 1.06 bits per heavy atom. The third-order valence-corrected chi connectivity index (χ3v) is 7.47. The number of nitrogens with two attached hydrogens (primary N) is 1. The Balaban J connectivity index is 0.00000162. The first-order chi connectivity index (χ1) is 15.7. The number of carbonyl (C=O) groups excluding carboxylic acids is 1. The monoisotopic (exact) mass is 506 g/mol. The van der Waals surface area contributed by atoms with Gasteiger partial charge in [-0.15, -0.1) is 24.8 Å². The van der Waals surface area contributed by atoms with E-state index in [2.05, 4.69) is 40.2 Å². The van der Waals surface area contributed by atoms with E-state index < -0.39 is 0 Å². The summed E-state index contributed by atoms with van der Waals surface area (Å²) < 4.78 is 5.71. The standard InChI is InChI=1S/C26H34N4O2.2ClH/c27-11-13-32-24-10-5-12-28-25(24)26(31)29-16-20-14-21(18-29)23-9-4-8-22(30(23)17-20)15-19-6-2-1-3-7-19;;/h1-3,5-7,10,12,20-23H,4,8-9,11,13-18,27H2;2*1H/t20-,21+,22+,23-;;/m0../s1. The summed E-state index contributed by atoms with van der Waals surface area (Å²) in [5.74, 6) is 1.61. The van der Waals surface area contributed by atoms with Crippen LogP contribution in [0.25, 0.3) is 0 Å². The number of carbonyl (C=O) groups is 1. The molecule has 1 aromatic heterocycles. The highest BCUT2D eigenvalue weighted by molar-refractivity contribution is 5.95. The van der Waals surface area contributed by atoms with E-state index in [9.17, 15) is 4.79 Å². The van der Waals surface area contributed by atoms with E-state index in [1.807, 2.05) is 11.0 Å². The molecule has 0 aliphatic carbocycles. The smallest absolute Gasteiger partial charge is 0.276 e. The first-order valence-corrected chi connectivity index (χ1v) is 12.1. The van der Waals surface area contributed by atoms with Crippen molar-refractivity contribution in [3.05, 3.63) is 59.9 Å². The molecule has 0 spiro atoms. The van der Waals surface area contributed by atoms with Gasteiger partial charge in [-0.1, -0.05) is 36.8 Å². The number of piperidine rings is 3. The molecule has 4 heterocycles. The van der Waals surface area contributed by atoms with Gasteiger partial charge in [-0.2, -0.15) is 0 Å². The van der Waals surface area contributed by atoms with E-state index in [4.69, 9.17) is 10.5 Å². The summed E-state index contributed by atoms with van der Waals surface area (Å²) in [6, 6.07) is 15.7. The van der Waals surface area contributed by atoms with Crippen molar-refractivity contribution in [2.24, 2.45) is 17.6 Å². The SMILES string of the molecule is Cl.Cl.NCCOc1cccnc1C(=O)N1C[C@@H]2C[C@H](C1)[C@@H]1CCC[C@H](Cc3ccccc3)N1C2. The Morgan fingerprint density at radius 3 is 2.68 bits per heavy atom. The van der Waals surface area contributed by atoms with Gasteiger partial charge in [0.25, 0.3) is 5.91 Å². The maximum atomic E-state index is 13.4. The molecule has 8 heteroatoms. The van der Waals surface area contributed by atoms with Crippen LogP contribution in [0.4, 0.5) is 0 Å². The van der Waals surface area contributed by atoms with Crippen molar-refractivity contribution >= 4 is 30.7 Å². The van der Waals surface area contributed by atoms with Gasteiger partial charge in [0.05, 0.1) is 0 Å². The van der Waals surface area contributed by atoms with E-state index >= 15 is 0 Å². The fraction of sp³-hybridized carbons (Fsp3) is 0.538. The first kappa shape index (κ1) is 26.7. The molecule has 34 heavy (non-hydrogen) atoms. The van der Waals surface area contributed by atoms with Crippen molar-refractivity contribution in [3.63, 3.8) is 0 Å².